The number of hydrogen-bond acceptors (Lipinski definition) is 3. The van der Waals surface area contributed by atoms with E-state index in [0.717, 1.165) is 25.9 Å². The molecule has 0 aliphatic heterocycles. The van der Waals surface area contributed by atoms with Gasteiger partial charge in [-0.2, -0.15) is 0 Å². The van der Waals surface area contributed by atoms with E-state index in [1.54, 1.807) is 0 Å². The van der Waals surface area contributed by atoms with Gasteiger partial charge in [-0.05, 0) is 43.6 Å². The summed E-state index contributed by atoms with van der Waals surface area (Å²) in [4.78, 5) is 2.69. The highest BCUT2D eigenvalue weighted by atomic mass is 16.5. The Morgan fingerprint density at radius 3 is 2.73 bits per heavy atom. The predicted molar refractivity (Wildman–Crippen MR) is 59.4 cm³/mol. The van der Waals surface area contributed by atoms with E-state index in [4.69, 9.17) is 16.0 Å². The monoisotopic (exact) mass is 212 g/mol. The molecule has 1 saturated carbocycles. The smallest absolute Gasteiger partial charge is 0.0494 e. The van der Waals surface area contributed by atoms with Gasteiger partial charge in [0.25, 0.3) is 0 Å². The van der Waals surface area contributed by atoms with Crippen molar-refractivity contribution in [3.63, 3.8) is 0 Å². The van der Waals surface area contributed by atoms with Gasteiger partial charge in [0.15, 0.2) is 0 Å². The molecule has 0 bridgehead atoms. The molecule has 1 aliphatic rings. The van der Waals surface area contributed by atoms with Crippen LogP contribution in [0, 0.1) is 5.92 Å². The zero-order valence-corrected chi connectivity index (χ0v) is 9.14. The Morgan fingerprint density at radius 1 is 1.33 bits per heavy atom. The zero-order valence-electron chi connectivity index (χ0n) is 9.14. The van der Waals surface area contributed by atoms with Crippen molar-refractivity contribution in [1.82, 2.24) is 0 Å². The molecule has 0 heterocycles. The van der Waals surface area contributed by atoms with Crippen LogP contribution < -0.4 is 5.73 Å². The first-order valence-electron chi connectivity index (χ1n) is 5.67. The molecular formula is C10H20N4O. The van der Waals surface area contributed by atoms with Crippen LogP contribution in [0.2, 0.25) is 0 Å². The normalized spacial score (nSPS) is 25.9. The fourth-order valence-electron chi connectivity index (χ4n) is 1.89. The summed E-state index contributed by atoms with van der Waals surface area (Å²) in [5.41, 5.74) is 13.9. The fourth-order valence-corrected chi connectivity index (χ4v) is 1.89. The highest BCUT2D eigenvalue weighted by Gasteiger charge is 2.18. The molecule has 5 heteroatoms. The first-order valence-corrected chi connectivity index (χ1v) is 5.67. The van der Waals surface area contributed by atoms with Gasteiger partial charge in [-0.15, -0.1) is 0 Å². The summed E-state index contributed by atoms with van der Waals surface area (Å²) in [5, 5.41) is 3.45. The molecule has 0 spiro atoms. The van der Waals surface area contributed by atoms with E-state index in [9.17, 15) is 0 Å². The van der Waals surface area contributed by atoms with Crippen LogP contribution in [0.5, 0.6) is 0 Å². The van der Waals surface area contributed by atoms with Crippen LogP contribution in [0.3, 0.4) is 0 Å². The van der Waals surface area contributed by atoms with Crippen molar-refractivity contribution in [2.75, 3.05) is 19.8 Å². The molecule has 15 heavy (non-hydrogen) atoms. The maximum atomic E-state index is 8.06. The molecule has 1 rings (SSSR count). The first kappa shape index (κ1) is 12.3. The number of rotatable bonds is 6. The van der Waals surface area contributed by atoms with Crippen molar-refractivity contribution in [3.05, 3.63) is 10.4 Å². The summed E-state index contributed by atoms with van der Waals surface area (Å²) in [6.07, 6.45) is 5.46. The average molecular weight is 212 g/mol. The molecular weight excluding hydrogens is 192 g/mol. The quantitative estimate of drug-likeness (QED) is 0.317. The second-order valence-electron chi connectivity index (χ2n) is 4.16. The largest absolute Gasteiger partial charge is 0.381 e. The van der Waals surface area contributed by atoms with Gasteiger partial charge in [-0.1, -0.05) is 5.11 Å². The highest BCUT2D eigenvalue weighted by molar-refractivity contribution is 4.73. The van der Waals surface area contributed by atoms with Crippen molar-refractivity contribution >= 4 is 0 Å². The van der Waals surface area contributed by atoms with Gasteiger partial charge in [-0.3, -0.25) is 0 Å². The number of hydrogen-bond donors (Lipinski definition) is 1. The molecule has 0 saturated heterocycles. The van der Waals surface area contributed by atoms with Gasteiger partial charge < -0.3 is 10.5 Å². The maximum Gasteiger partial charge on any atom is 0.0494 e. The van der Waals surface area contributed by atoms with Crippen LogP contribution in [0.4, 0.5) is 0 Å². The Kier molecular flexibility index (Phi) is 6.16. The molecule has 0 aromatic rings. The second kappa shape index (κ2) is 7.51. The summed E-state index contributed by atoms with van der Waals surface area (Å²) in [6, 6.07) is 0.409. The van der Waals surface area contributed by atoms with Gasteiger partial charge in [0, 0.05) is 30.7 Å². The number of ether oxygens (including phenoxy) is 1. The Labute approximate surface area is 90.6 Å². The van der Waals surface area contributed by atoms with Gasteiger partial charge in [0.1, 0.15) is 0 Å². The van der Waals surface area contributed by atoms with Crippen LogP contribution in [0.25, 0.3) is 10.4 Å². The minimum absolute atomic E-state index is 0.409. The van der Waals surface area contributed by atoms with E-state index in [2.05, 4.69) is 10.0 Å². The van der Waals surface area contributed by atoms with Crippen molar-refractivity contribution in [2.24, 2.45) is 16.8 Å². The van der Waals surface area contributed by atoms with Crippen molar-refractivity contribution in [3.8, 4) is 0 Å². The highest BCUT2D eigenvalue weighted by Crippen LogP contribution is 2.23. The third kappa shape index (κ3) is 5.62. The van der Waals surface area contributed by atoms with E-state index >= 15 is 0 Å². The minimum atomic E-state index is 0.409. The molecule has 86 valence electrons. The Bertz CT molecular complexity index is 207. The lowest BCUT2D eigenvalue weighted by molar-refractivity contribution is 0.0824. The summed E-state index contributed by atoms with van der Waals surface area (Å²) < 4.78 is 5.53. The molecule has 0 unspecified atom stereocenters. The van der Waals surface area contributed by atoms with Gasteiger partial charge in [0.2, 0.25) is 0 Å². The summed E-state index contributed by atoms with van der Waals surface area (Å²) >= 11 is 0. The number of nitrogens with two attached hydrogens (primary N) is 1. The first-order chi connectivity index (χ1) is 7.33. The zero-order chi connectivity index (χ0) is 10.9. The topological polar surface area (TPSA) is 84.0 Å². The molecule has 0 aromatic heterocycles. The third-order valence-electron chi connectivity index (χ3n) is 2.85. The second-order valence-corrected chi connectivity index (χ2v) is 4.16. The molecule has 0 aromatic carbocycles. The van der Waals surface area contributed by atoms with E-state index in [1.165, 1.54) is 12.8 Å². The molecule has 2 N–H and O–H groups in total. The molecule has 0 amide bonds. The fraction of sp³-hybridized carbons (Fsp3) is 1.00. The van der Waals surface area contributed by atoms with Gasteiger partial charge >= 0.3 is 0 Å². The van der Waals surface area contributed by atoms with Crippen molar-refractivity contribution < 1.29 is 4.74 Å². The molecule has 5 nitrogen and oxygen atoms in total. The lowest BCUT2D eigenvalue weighted by atomic mass is 9.87. The van der Waals surface area contributed by atoms with E-state index in [0.29, 0.717) is 25.1 Å². The van der Waals surface area contributed by atoms with Crippen LogP contribution in [-0.4, -0.2) is 25.8 Å². The molecule has 0 radical (unpaired) electrons. The van der Waals surface area contributed by atoms with Gasteiger partial charge in [0.05, 0.1) is 0 Å². The Morgan fingerprint density at radius 2 is 2.07 bits per heavy atom. The van der Waals surface area contributed by atoms with Crippen LogP contribution in [0.1, 0.15) is 32.1 Å². The molecule has 1 aliphatic carbocycles. The van der Waals surface area contributed by atoms with Crippen LogP contribution >= 0.6 is 0 Å². The summed E-state index contributed by atoms with van der Waals surface area (Å²) in [5.74, 6) is 0.685. The number of nitrogens with zero attached hydrogens (tertiary/aromatic N) is 3. The van der Waals surface area contributed by atoms with Crippen molar-refractivity contribution in [1.29, 1.82) is 0 Å². The average Bonchev–Trinajstić information content (AvgIpc) is 2.26. The van der Waals surface area contributed by atoms with Crippen molar-refractivity contribution in [2.45, 2.75) is 38.1 Å². The lowest BCUT2D eigenvalue weighted by Crippen LogP contribution is -2.28. The lowest BCUT2D eigenvalue weighted by Gasteiger charge is -2.25. The molecule has 0 atom stereocenters. The van der Waals surface area contributed by atoms with Gasteiger partial charge in [-0.25, -0.2) is 0 Å². The summed E-state index contributed by atoms with van der Waals surface area (Å²) in [6.45, 7) is 2.07. The van der Waals surface area contributed by atoms with E-state index < -0.39 is 0 Å². The van der Waals surface area contributed by atoms with Crippen LogP contribution in [-0.2, 0) is 4.74 Å². The van der Waals surface area contributed by atoms with E-state index in [-0.39, 0.29) is 0 Å². The minimum Gasteiger partial charge on any atom is -0.381 e. The maximum absolute atomic E-state index is 8.06. The number of azide groups is 1. The SMILES string of the molecule is [N-]=[N+]=NCCCOCC1CCC(N)CC1. The summed E-state index contributed by atoms with van der Waals surface area (Å²) in [7, 11) is 0. The Hall–Kier alpha value is -0.770. The Balaban J connectivity index is 1.93. The van der Waals surface area contributed by atoms with E-state index in [1.807, 2.05) is 0 Å². The standard InChI is InChI=1S/C10H20N4O/c11-10-4-2-9(3-5-10)8-15-7-1-6-13-14-12/h9-10H,1-8,11H2. The van der Waals surface area contributed by atoms with Crippen LogP contribution in [0.15, 0.2) is 5.11 Å². The predicted octanol–water partition coefficient (Wildman–Crippen LogP) is 2.22. The third-order valence-corrected chi connectivity index (χ3v) is 2.85. The molecule has 1 fully saturated rings.